The highest BCUT2D eigenvalue weighted by molar-refractivity contribution is 7.47. The summed E-state index contributed by atoms with van der Waals surface area (Å²) in [5.74, 6) is -1.62. The van der Waals surface area contributed by atoms with Crippen molar-refractivity contribution < 1.29 is 75.8 Å². The van der Waals surface area contributed by atoms with Crippen LogP contribution in [0.3, 0.4) is 0 Å². The molecule has 0 aliphatic carbocycles. The van der Waals surface area contributed by atoms with Crippen molar-refractivity contribution in [3.63, 3.8) is 0 Å². The molecule has 18 heteroatoms. The molecule has 0 saturated carbocycles. The van der Waals surface area contributed by atoms with Gasteiger partial charge in [0.15, 0.2) is 6.10 Å². The Labute approximate surface area is 686 Å². The normalized spacial score (nSPS) is 14.9. The quantitative estimate of drug-likeness (QED) is 0.0146. The fourth-order valence-corrected chi connectivity index (χ4v) is 12.6. The fourth-order valence-electron chi connectivity index (χ4n) is 11.0. The van der Waals surface area contributed by atoms with Crippen LogP contribution in [0.25, 0.3) is 0 Å². The molecule has 4 N–H and O–H groups in total. The molecule has 0 spiro atoms. The average molecular weight is 1610 g/mol. The van der Waals surface area contributed by atoms with Gasteiger partial charge in [-0.15, -0.1) is 0 Å². The molecular weight excluding hydrogens is 1460 g/mol. The van der Waals surface area contributed by atoms with Gasteiger partial charge in [0.05, 0.1) is 26.4 Å². The third-order valence-corrected chi connectivity index (χ3v) is 19.4. The lowest BCUT2D eigenvalue weighted by Crippen LogP contribution is -2.30. The van der Waals surface area contributed by atoms with Gasteiger partial charge in [-0.05, 0) is 167 Å². The van der Waals surface area contributed by atoms with Crippen LogP contribution in [0.5, 0.6) is 0 Å². The third-order valence-electron chi connectivity index (χ3n) is 17.5. The zero-order valence-corrected chi connectivity index (χ0v) is 72.0. The zero-order valence-electron chi connectivity index (χ0n) is 70.2. The van der Waals surface area contributed by atoms with Crippen molar-refractivity contribution in [2.45, 2.75) is 334 Å². The van der Waals surface area contributed by atoms with Gasteiger partial charge >= 0.3 is 33.6 Å². The molecular formula is C95H154O16P2. The Balaban J connectivity index is 4.70. The van der Waals surface area contributed by atoms with E-state index in [1.54, 1.807) is 0 Å². The van der Waals surface area contributed by atoms with E-state index in [1.165, 1.54) is 32.1 Å². The van der Waals surface area contributed by atoms with Gasteiger partial charge in [0, 0.05) is 19.3 Å². The number of rotatable bonds is 80. The number of ether oxygens (including phenoxy) is 3. The fraction of sp³-hybridized carbons (Fsp3) is 0.611. The Morgan fingerprint density at radius 1 is 0.248 bits per heavy atom. The molecule has 0 heterocycles. The number of unbranched alkanes of at least 4 members (excludes halogenated alkanes) is 23. The van der Waals surface area contributed by atoms with Crippen LogP contribution in [0.15, 0.2) is 207 Å². The molecule has 0 rings (SSSR count). The molecule has 0 aliphatic heterocycles. The van der Waals surface area contributed by atoms with Gasteiger partial charge in [0.2, 0.25) is 0 Å². The molecule has 113 heavy (non-hydrogen) atoms. The number of hydrogen-bond acceptors (Lipinski definition) is 14. The maximum atomic E-state index is 13.1. The molecule has 0 aromatic heterocycles. The topological polar surface area (TPSA) is 231 Å². The Hall–Kier alpha value is -5.87. The number of allylic oxidation sites excluding steroid dienone is 34. The van der Waals surface area contributed by atoms with E-state index in [0.717, 1.165) is 225 Å². The summed E-state index contributed by atoms with van der Waals surface area (Å²) in [5, 5.41) is 20.7. The minimum Gasteiger partial charge on any atom is -0.463 e. The predicted octanol–water partition coefficient (Wildman–Crippen LogP) is 26.4. The summed E-state index contributed by atoms with van der Waals surface area (Å²) in [5.41, 5.74) is 0. The molecule has 5 atom stereocenters. The summed E-state index contributed by atoms with van der Waals surface area (Å²) in [6.45, 7) is 2.30. The van der Waals surface area contributed by atoms with Crippen molar-refractivity contribution in [1.29, 1.82) is 0 Å². The van der Waals surface area contributed by atoms with Crippen LogP contribution < -0.4 is 0 Å². The first kappa shape index (κ1) is 107. The summed E-state index contributed by atoms with van der Waals surface area (Å²) in [6.07, 6.45) is 114. The first-order valence-corrected chi connectivity index (χ1v) is 46.4. The molecule has 0 amide bonds. The number of aliphatic hydroxyl groups is 2. The number of aliphatic hydroxyl groups excluding tert-OH is 2. The summed E-state index contributed by atoms with van der Waals surface area (Å²) in [6, 6.07) is 0. The van der Waals surface area contributed by atoms with Crippen LogP contribution in [-0.2, 0) is 55.8 Å². The Morgan fingerprint density at radius 2 is 0.442 bits per heavy atom. The average Bonchev–Trinajstić information content (AvgIpc) is 0.899. The van der Waals surface area contributed by atoms with Gasteiger partial charge < -0.3 is 34.2 Å². The van der Waals surface area contributed by atoms with E-state index in [9.17, 15) is 43.5 Å². The molecule has 0 aliphatic rings. The van der Waals surface area contributed by atoms with E-state index in [1.807, 2.05) is 0 Å². The van der Waals surface area contributed by atoms with Crippen LogP contribution in [-0.4, -0.2) is 95.9 Å². The summed E-state index contributed by atoms with van der Waals surface area (Å²) in [7, 11) is -9.83. The van der Waals surface area contributed by atoms with Crippen molar-refractivity contribution in [2.24, 2.45) is 0 Å². The Bertz CT molecular complexity index is 2880. The van der Waals surface area contributed by atoms with Crippen LogP contribution >= 0.6 is 15.6 Å². The van der Waals surface area contributed by atoms with Crippen LogP contribution in [0.1, 0.15) is 316 Å². The smallest absolute Gasteiger partial charge is 0.463 e. The minimum atomic E-state index is -4.96. The highest BCUT2D eigenvalue weighted by Crippen LogP contribution is 2.45. The molecule has 0 aromatic rings. The van der Waals surface area contributed by atoms with E-state index in [-0.39, 0.29) is 19.3 Å². The SMILES string of the molecule is CC/C=C\C/C=C\C/C=C\C/C=C\C/C=C\C/C=C\CCCCCCCCCCCCC(=O)OCC(O)COP(=O)(O)OCC(O)COP(=O)(O)OCC(COC(=O)CCCCCCCC/C=C\C/C=C\C/C=C\C/C=C\C/C=C\C/C=C\CC)OC(=O)CCCCCCCCC/C=C\C/C=C\C/C=C\C/C=C\C/C=C\CC. The number of carbonyl (C=O) groups excluding carboxylic acids is 3. The number of phosphoric ester groups is 2. The molecule has 0 saturated heterocycles. The van der Waals surface area contributed by atoms with E-state index in [4.69, 9.17) is 32.3 Å². The number of phosphoric acid groups is 2. The van der Waals surface area contributed by atoms with Crippen molar-refractivity contribution in [3.05, 3.63) is 207 Å². The summed E-state index contributed by atoms with van der Waals surface area (Å²) < 4.78 is 61.4. The third kappa shape index (κ3) is 86.8. The highest BCUT2D eigenvalue weighted by atomic mass is 31.2. The highest BCUT2D eigenvalue weighted by Gasteiger charge is 2.29. The zero-order chi connectivity index (χ0) is 82.2. The lowest BCUT2D eigenvalue weighted by atomic mass is 10.1. The van der Waals surface area contributed by atoms with Crippen molar-refractivity contribution in [1.82, 2.24) is 0 Å². The second-order valence-electron chi connectivity index (χ2n) is 28.2. The number of carbonyl (C=O) groups is 3. The van der Waals surface area contributed by atoms with Crippen LogP contribution in [0, 0.1) is 0 Å². The van der Waals surface area contributed by atoms with Crippen LogP contribution in [0.4, 0.5) is 0 Å². The molecule has 16 nitrogen and oxygen atoms in total. The Kier molecular flexibility index (Phi) is 81.1. The number of esters is 3. The lowest BCUT2D eigenvalue weighted by Gasteiger charge is -2.21. The molecule has 5 unspecified atom stereocenters. The molecule has 0 radical (unpaired) electrons. The van der Waals surface area contributed by atoms with Crippen molar-refractivity contribution in [3.8, 4) is 0 Å². The van der Waals surface area contributed by atoms with Crippen molar-refractivity contribution in [2.75, 3.05) is 39.6 Å². The van der Waals surface area contributed by atoms with E-state index >= 15 is 0 Å². The summed E-state index contributed by atoms with van der Waals surface area (Å²) >= 11 is 0. The minimum absolute atomic E-state index is 0.0794. The molecule has 0 bridgehead atoms. The molecule has 0 fully saturated rings. The standard InChI is InChI=1S/C95H154O16P2/c1-4-7-10-13-16-19-22-25-28-31-34-37-40-42-43-44-45-47-50-51-54-57-60-63-66-69-72-75-78-81-93(98)105-84-90(96)85-107-112(101,102)108-86-91(97)87-109-113(103,104)110-89-92(111-95(100)83-80-77-74-71-68-65-62-59-56-53-48-39-36-33-30-27-24-21-18-15-12-9-6-3)88-106-94(99)82-79-76-73-70-67-64-61-58-55-52-49-46-41-38-35-32-29-26-23-20-17-14-11-8-5-2/h7-12,16-21,25-30,34-39,42-43,45-47,49,53,55-56,58,90-92,96-97H,4-6,13-15,22-24,31-33,40-41,44,48,50-52,54,57,59-89H2,1-3H3,(H,101,102)(H,103,104)/b10-7-,11-8-,12-9-,19-16-,20-17-,21-18-,28-25-,29-26-,30-27-,37-34-,38-35-,39-36-,43-42-,47-45-,49-46-,56-53-,58-55-. The summed E-state index contributed by atoms with van der Waals surface area (Å²) in [4.78, 5) is 58.9. The van der Waals surface area contributed by atoms with Gasteiger partial charge in [0.25, 0.3) is 0 Å². The van der Waals surface area contributed by atoms with E-state index in [0.29, 0.717) is 19.3 Å². The predicted molar refractivity (Wildman–Crippen MR) is 472 cm³/mol. The maximum absolute atomic E-state index is 13.1. The van der Waals surface area contributed by atoms with Gasteiger partial charge in [-0.2, -0.15) is 0 Å². The van der Waals surface area contributed by atoms with E-state index in [2.05, 4.69) is 227 Å². The molecule has 0 aromatic carbocycles. The second-order valence-corrected chi connectivity index (χ2v) is 31.1. The van der Waals surface area contributed by atoms with Crippen LogP contribution in [0.2, 0.25) is 0 Å². The first-order valence-electron chi connectivity index (χ1n) is 43.4. The van der Waals surface area contributed by atoms with E-state index < -0.39 is 91.5 Å². The van der Waals surface area contributed by atoms with Gasteiger partial charge in [-0.1, -0.05) is 337 Å². The lowest BCUT2D eigenvalue weighted by molar-refractivity contribution is -0.161. The van der Waals surface area contributed by atoms with Gasteiger partial charge in [-0.3, -0.25) is 32.5 Å². The monoisotopic (exact) mass is 1610 g/mol. The van der Waals surface area contributed by atoms with Crippen molar-refractivity contribution >= 4 is 33.6 Å². The largest absolute Gasteiger partial charge is 0.472 e. The maximum Gasteiger partial charge on any atom is 0.472 e. The molecule has 640 valence electrons. The van der Waals surface area contributed by atoms with Gasteiger partial charge in [-0.25, -0.2) is 9.13 Å². The second kappa shape index (κ2) is 85.5. The number of hydrogen-bond donors (Lipinski definition) is 4. The first-order chi connectivity index (χ1) is 55.2. The Morgan fingerprint density at radius 3 is 0.699 bits per heavy atom. The van der Waals surface area contributed by atoms with Gasteiger partial charge in [0.1, 0.15) is 25.4 Å².